The largest absolute Gasteiger partial charge is 0.322 e. The minimum Gasteiger partial charge on any atom is -0.322 e. The number of anilines is 1. The van der Waals surface area contributed by atoms with Gasteiger partial charge in [0.15, 0.2) is 0 Å². The Morgan fingerprint density at radius 3 is 2.70 bits per heavy atom. The smallest absolute Gasteiger partial charge is 0.285 e. The number of pyridine rings is 1. The van der Waals surface area contributed by atoms with E-state index in [1.54, 1.807) is 6.07 Å². The second-order valence-corrected chi connectivity index (χ2v) is 4.99. The monoisotopic (exact) mass is 355 g/mol. The average molecular weight is 357 g/mol. The maximum absolute atomic E-state index is 11.9. The Hall–Kier alpha value is -1.99. The first-order valence-electron chi connectivity index (χ1n) is 5.34. The number of aromatic nitrogens is 1. The Bertz CT molecular complexity index is 676. The van der Waals surface area contributed by atoms with Crippen molar-refractivity contribution >= 4 is 44.8 Å². The molecule has 0 saturated heterocycles. The Balaban J connectivity index is 2.21. The molecule has 1 aromatic carbocycles. The number of hydrogen-bond donors (Lipinski definition) is 1. The van der Waals surface area contributed by atoms with Gasteiger partial charge >= 0.3 is 0 Å². The van der Waals surface area contributed by atoms with Crippen molar-refractivity contribution in [2.75, 3.05) is 5.32 Å². The summed E-state index contributed by atoms with van der Waals surface area (Å²) in [6.45, 7) is 0. The van der Waals surface area contributed by atoms with Crippen LogP contribution in [0, 0.1) is 10.1 Å². The number of benzene rings is 1. The van der Waals surface area contributed by atoms with Crippen molar-refractivity contribution in [3.63, 3.8) is 0 Å². The number of nitrogens with one attached hydrogen (secondary N) is 1. The average Bonchev–Trinajstić information content (AvgIpc) is 2.41. The summed E-state index contributed by atoms with van der Waals surface area (Å²) in [4.78, 5) is 26.0. The zero-order valence-electron chi connectivity index (χ0n) is 9.84. The van der Waals surface area contributed by atoms with Crippen molar-refractivity contribution in [2.24, 2.45) is 0 Å². The lowest BCUT2D eigenvalue weighted by Gasteiger charge is -2.05. The van der Waals surface area contributed by atoms with Crippen LogP contribution in [0.4, 0.5) is 11.4 Å². The van der Waals surface area contributed by atoms with Crippen LogP contribution >= 0.6 is 27.5 Å². The van der Waals surface area contributed by atoms with Gasteiger partial charge in [-0.2, -0.15) is 0 Å². The number of nitro groups is 1. The minimum atomic E-state index is -0.538. The molecule has 1 heterocycles. The van der Waals surface area contributed by atoms with E-state index in [0.717, 1.165) is 0 Å². The molecule has 8 heteroatoms. The molecule has 2 aromatic rings. The molecule has 2 rings (SSSR count). The Kier molecular flexibility index (Phi) is 4.31. The zero-order chi connectivity index (χ0) is 14.7. The van der Waals surface area contributed by atoms with Crippen molar-refractivity contribution in [1.82, 2.24) is 4.98 Å². The van der Waals surface area contributed by atoms with Crippen LogP contribution in [0.25, 0.3) is 0 Å². The normalized spacial score (nSPS) is 10.1. The van der Waals surface area contributed by atoms with Crippen LogP contribution in [0.2, 0.25) is 5.15 Å². The van der Waals surface area contributed by atoms with Crippen LogP contribution in [0.15, 0.2) is 41.0 Å². The van der Waals surface area contributed by atoms with E-state index in [1.165, 1.54) is 30.5 Å². The molecule has 102 valence electrons. The first-order valence-corrected chi connectivity index (χ1v) is 6.51. The molecule has 20 heavy (non-hydrogen) atoms. The van der Waals surface area contributed by atoms with Crippen LogP contribution in [-0.4, -0.2) is 15.8 Å². The number of rotatable bonds is 3. The second kappa shape index (κ2) is 5.98. The van der Waals surface area contributed by atoms with Gasteiger partial charge in [0.25, 0.3) is 11.6 Å². The van der Waals surface area contributed by atoms with Gasteiger partial charge in [0, 0.05) is 18.0 Å². The van der Waals surface area contributed by atoms with Crippen LogP contribution in [0.3, 0.4) is 0 Å². The van der Waals surface area contributed by atoms with Crippen molar-refractivity contribution in [2.45, 2.75) is 0 Å². The van der Waals surface area contributed by atoms with Gasteiger partial charge in [0.2, 0.25) is 0 Å². The summed E-state index contributed by atoms with van der Waals surface area (Å²) in [7, 11) is 0. The van der Waals surface area contributed by atoms with E-state index in [1.807, 2.05) is 0 Å². The summed E-state index contributed by atoms with van der Waals surface area (Å²) in [5.74, 6) is -0.425. The molecule has 1 amide bonds. The van der Waals surface area contributed by atoms with Crippen LogP contribution in [0.1, 0.15) is 10.4 Å². The van der Waals surface area contributed by atoms with Crippen molar-refractivity contribution in [3.05, 3.63) is 61.8 Å². The minimum absolute atomic E-state index is 0.128. The Morgan fingerprint density at radius 1 is 1.35 bits per heavy atom. The summed E-state index contributed by atoms with van der Waals surface area (Å²) in [5.41, 5.74) is 0.497. The molecule has 1 aromatic heterocycles. The maximum atomic E-state index is 11.9. The van der Waals surface area contributed by atoms with Gasteiger partial charge in [-0.1, -0.05) is 11.6 Å². The number of halogens is 2. The highest BCUT2D eigenvalue weighted by atomic mass is 79.9. The molecule has 0 aliphatic carbocycles. The standard InChI is InChI=1S/C12H7BrClN3O3/c13-9-3-2-8(5-10(9)17(19)20)16-12(18)7-1-4-11(14)15-6-7/h1-6H,(H,16,18). The molecule has 0 bridgehead atoms. The van der Waals surface area contributed by atoms with E-state index in [0.29, 0.717) is 15.7 Å². The first kappa shape index (κ1) is 14.4. The molecular formula is C12H7BrClN3O3. The number of nitro benzene ring substituents is 1. The molecular weight excluding hydrogens is 350 g/mol. The van der Waals surface area contributed by atoms with Crippen molar-refractivity contribution < 1.29 is 9.72 Å². The Morgan fingerprint density at radius 2 is 2.10 bits per heavy atom. The topological polar surface area (TPSA) is 85.1 Å². The fourth-order valence-corrected chi connectivity index (χ4v) is 1.95. The fourth-order valence-electron chi connectivity index (χ4n) is 1.44. The highest BCUT2D eigenvalue weighted by Gasteiger charge is 2.14. The number of hydrogen-bond acceptors (Lipinski definition) is 4. The number of carbonyl (C=O) groups excluding carboxylic acids is 1. The lowest BCUT2D eigenvalue weighted by Crippen LogP contribution is -2.12. The summed E-state index contributed by atoms with van der Waals surface area (Å²) >= 11 is 8.70. The number of nitrogens with zero attached hydrogens (tertiary/aromatic N) is 2. The molecule has 0 atom stereocenters. The highest BCUT2D eigenvalue weighted by molar-refractivity contribution is 9.10. The maximum Gasteiger partial charge on any atom is 0.285 e. The molecule has 0 fully saturated rings. The molecule has 0 unspecified atom stereocenters. The third kappa shape index (κ3) is 3.31. The molecule has 1 N–H and O–H groups in total. The molecule has 0 aliphatic rings. The predicted molar refractivity (Wildman–Crippen MR) is 78.0 cm³/mol. The summed E-state index contributed by atoms with van der Waals surface area (Å²) in [6, 6.07) is 7.32. The van der Waals surface area contributed by atoms with E-state index in [9.17, 15) is 14.9 Å². The Labute approximate surface area is 127 Å². The molecule has 0 saturated carbocycles. The van der Waals surface area contributed by atoms with E-state index in [4.69, 9.17) is 11.6 Å². The van der Waals surface area contributed by atoms with Crippen LogP contribution in [0.5, 0.6) is 0 Å². The highest BCUT2D eigenvalue weighted by Crippen LogP contribution is 2.28. The zero-order valence-corrected chi connectivity index (χ0v) is 12.2. The first-order chi connectivity index (χ1) is 9.47. The third-order valence-corrected chi connectivity index (χ3v) is 3.28. The molecule has 0 radical (unpaired) electrons. The molecule has 6 nitrogen and oxygen atoms in total. The van der Waals surface area contributed by atoms with Crippen LogP contribution in [-0.2, 0) is 0 Å². The van der Waals surface area contributed by atoms with Crippen molar-refractivity contribution in [3.8, 4) is 0 Å². The van der Waals surface area contributed by atoms with Gasteiger partial charge in [-0.25, -0.2) is 4.98 Å². The summed E-state index contributed by atoms with van der Waals surface area (Å²) in [5, 5.41) is 13.6. The van der Waals surface area contributed by atoms with Gasteiger partial charge in [-0.15, -0.1) is 0 Å². The lowest BCUT2D eigenvalue weighted by atomic mass is 10.2. The SMILES string of the molecule is O=C(Nc1ccc(Br)c([N+](=O)[O-])c1)c1ccc(Cl)nc1. The lowest BCUT2D eigenvalue weighted by molar-refractivity contribution is -0.385. The van der Waals surface area contributed by atoms with Crippen molar-refractivity contribution in [1.29, 1.82) is 0 Å². The number of amides is 1. The second-order valence-electron chi connectivity index (χ2n) is 3.75. The number of carbonyl (C=O) groups is 1. The summed E-state index contributed by atoms with van der Waals surface area (Å²) < 4.78 is 0.341. The van der Waals surface area contributed by atoms with Crippen LogP contribution < -0.4 is 5.32 Å². The van der Waals surface area contributed by atoms with Gasteiger partial charge in [-0.05, 0) is 40.2 Å². The van der Waals surface area contributed by atoms with E-state index in [2.05, 4.69) is 26.2 Å². The predicted octanol–water partition coefficient (Wildman–Crippen LogP) is 3.66. The fraction of sp³-hybridized carbons (Fsp3) is 0. The summed E-state index contributed by atoms with van der Waals surface area (Å²) in [6.07, 6.45) is 1.32. The van der Waals surface area contributed by atoms with Gasteiger partial charge in [0.05, 0.1) is 15.0 Å². The van der Waals surface area contributed by atoms with Gasteiger partial charge in [0.1, 0.15) is 5.15 Å². The van der Waals surface area contributed by atoms with E-state index in [-0.39, 0.29) is 10.8 Å². The quantitative estimate of drug-likeness (QED) is 0.516. The molecule has 0 spiro atoms. The third-order valence-electron chi connectivity index (χ3n) is 2.39. The molecule has 0 aliphatic heterocycles. The van der Waals surface area contributed by atoms with E-state index >= 15 is 0 Å². The van der Waals surface area contributed by atoms with E-state index < -0.39 is 10.8 Å². The van der Waals surface area contributed by atoms with Gasteiger partial charge in [-0.3, -0.25) is 14.9 Å². The van der Waals surface area contributed by atoms with Gasteiger partial charge < -0.3 is 5.32 Å².